The monoisotopic (exact) mass is 341 g/mol. The molecule has 3 aromatic rings. The molecule has 130 valence electrons. The number of aromatic nitrogens is 4. The van der Waals surface area contributed by atoms with E-state index in [9.17, 15) is 14.4 Å². The third kappa shape index (κ3) is 3.23. The van der Waals surface area contributed by atoms with Crippen LogP contribution in [-0.4, -0.2) is 31.1 Å². The fraction of sp³-hybridized carbons (Fsp3) is 0.294. The van der Waals surface area contributed by atoms with Gasteiger partial charge in [-0.05, 0) is 12.0 Å². The van der Waals surface area contributed by atoms with Crippen LogP contribution < -0.4 is 16.6 Å². The highest BCUT2D eigenvalue weighted by molar-refractivity contribution is 5.76. The number of rotatable bonds is 5. The first-order valence-electron chi connectivity index (χ1n) is 7.90. The number of benzene rings is 1. The summed E-state index contributed by atoms with van der Waals surface area (Å²) in [7, 11) is 3.20. The van der Waals surface area contributed by atoms with Gasteiger partial charge in [-0.15, -0.1) is 0 Å². The minimum absolute atomic E-state index is 0.291. The van der Waals surface area contributed by atoms with Gasteiger partial charge in [-0.3, -0.25) is 14.2 Å². The normalized spacial score (nSPS) is 11.0. The highest BCUT2D eigenvalue weighted by atomic mass is 16.2. The van der Waals surface area contributed by atoms with Gasteiger partial charge in [0.2, 0.25) is 5.91 Å². The second-order valence-corrected chi connectivity index (χ2v) is 5.85. The number of hydrogen-bond donors (Lipinski definition) is 1. The summed E-state index contributed by atoms with van der Waals surface area (Å²) in [6.07, 6.45) is 2.15. The van der Waals surface area contributed by atoms with Crippen LogP contribution in [0.25, 0.3) is 11.2 Å². The van der Waals surface area contributed by atoms with E-state index in [4.69, 9.17) is 0 Å². The van der Waals surface area contributed by atoms with Gasteiger partial charge in [0.15, 0.2) is 11.2 Å². The molecule has 0 atom stereocenters. The molecule has 0 spiro atoms. The zero-order chi connectivity index (χ0) is 18.0. The topological polar surface area (TPSA) is 90.9 Å². The van der Waals surface area contributed by atoms with Crippen molar-refractivity contribution in [3.8, 4) is 0 Å². The van der Waals surface area contributed by atoms with E-state index in [-0.39, 0.29) is 12.5 Å². The molecular formula is C17H19N5O3. The fourth-order valence-electron chi connectivity index (χ4n) is 2.73. The molecule has 0 bridgehead atoms. The molecule has 0 unspecified atom stereocenters. The molecule has 8 nitrogen and oxygen atoms in total. The van der Waals surface area contributed by atoms with E-state index in [0.29, 0.717) is 24.1 Å². The number of aryl methyl sites for hydroxylation is 2. The summed E-state index contributed by atoms with van der Waals surface area (Å²) in [4.78, 5) is 41.1. The summed E-state index contributed by atoms with van der Waals surface area (Å²) in [6.45, 7) is 0.118. The number of carbonyl (C=O) groups is 1. The smallest absolute Gasteiger partial charge is 0.332 e. The van der Waals surface area contributed by atoms with E-state index in [1.807, 2.05) is 30.3 Å². The van der Waals surface area contributed by atoms with Crippen molar-refractivity contribution in [2.75, 3.05) is 6.54 Å². The van der Waals surface area contributed by atoms with E-state index in [1.54, 1.807) is 11.6 Å². The molecule has 0 aliphatic heterocycles. The van der Waals surface area contributed by atoms with E-state index in [0.717, 1.165) is 10.1 Å². The molecule has 1 N–H and O–H groups in total. The van der Waals surface area contributed by atoms with Gasteiger partial charge in [-0.25, -0.2) is 14.3 Å². The number of hydrogen-bond acceptors (Lipinski definition) is 4. The minimum Gasteiger partial charge on any atom is -0.354 e. The first-order chi connectivity index (χ1) is 12.0. The lowest BCUT2D eigenvalue weighted by molar-refractivity contribution is -0.121. The van der Waals surface area contributed by atoms with Gasteiger partial charge in [0.1, 0.15) is 6.54 Å². The average molecular weight is 341 g/mol. The predicted molar refractivity (Wildman–Crippen MR) is 93.4 cm³/mol. The summed E-state index contributed by atoms with van der Waals surface area (Å²) in [5, 5.41) is 2.74. The Morgan fingerprint density at radius 3 is 2.60 bits per heavy atom. The maximum absolute atomic E-state index is 12.5. The second-order valence-electron chi connectivity index (χ2n) is 5.85. The zero-order valence-electron chi connectivity index (χ0n) is 14.1. The summed E-state index contributed by atoms with van der Waals surface area (Å²) in [6, 6.07) is 9.75. The van der Waals surface area contributed by atoms with Crippen LogP contribution in [0.2, 0.25) is 0 Å². The molecule has 0 radical (unpaired) electrons. The van der Waals surface area contributed by atoms with Crippen LogP contribution in [-0.2, 0) is 31.9 Å². The van der Waals surface area contributed by atoms with E-state index < -0.39 is 11.2 Å². The molecule has 25 heavy (non-hydrogen) atoms. The highest BCUT2D eigenvalue weighted by Gasteiger charge is 2.16. The standard InChI is InChI=1S/C17H19N5O3/c1-20-11-19-15-14(20)16(24)22(17(25)21(15)2)10-13(23)18-9-8-12-6-4-3-5-7-12/h3-7,11H,8-10H2,1-2H3,(H,18,23). The SMILES string of the molecule is Cn1cnc2c1c(=O)n(CC(=O)NCCc1ccccc1)c(=O)n2C. The molecule has 2 heterocycles. The summed E-state index contributed by atoms with van der Waals surface area (Å²) >= 11 is 0. The number of amides is 1. The number of imidazole rings is 1. The van der Waals surface area contributed by atoms with Gasteiger partial charge >= 0.3 is 5.69 Å². The summed E-state index contributed by atoms with van der Waals surface area (Å²) in [5.74, 6) is -0.378. The van der Waals surface area contributed by atoms with Gasteiger partial charge in [-0.2, -0.15) is 0 Å². The van der Waals surface area contributed by atoms with Crippen LogP contribution in [0, 0.1) is 0 Å². The van der Waals surface area contributed by atoms with Crippen molar-refractivity contribution in [3.63, 3.8) is 0 Å². The Balaban J connectivity index is 1.76. The van der Waals surface area contributed by atoms with Crippen molar-refractivity contribution in [3.05, 3.63) is 63.1 Å². The Bertz CT molecular complexity index is 1030. The molecule has 3 rings (SSSR count). The zero-order valence-corrected chi connectivity index (χ0v) is 14.1. The van der Waals surface area contributed by atoms with Crippen LogP contribution in [0.3, 0.4) is 0 Å². The van der Waals surface area contributed by atoms with Crippen LogP contribution in [0.4, 0.5) is 0 Å². The minimum atomic E-state index is -0.561. The second kappa shape index (κ2) is 6.76. The Labute approximate surface area is 143 Å². The Kier molecular flexibility index (Phi) is 4.51. The average Bonchev–Trinajstić information content (AvgIpc) is 3.00. The highest BCUT2D eigenvalue weighted by Crippen LogP contribution is 2.02. The van der Waals surface area contributed by atoms with E-state index >= 15 is 0 Å². The van der Waals surface area contributed by atoms with E-state index in [2.05, 4.69) is 10.3 Å². The third-order valence-corrected chi connectivity index (χ3v) is 4.08. The largest absolute Gasteiger partial charge is 0.354 e. The summed E-state index contributed by atoms with van der Waals surface area (Å²) < 4.78 is 3.75. The van der Waals surface area contributed by atoms with Crippen LogP contribution in [0.5, 0.6) is 0 Å². The molecule has 2 aromatic heterocycles. The molecule has 0 aliphatic carbocycles. The molecule has 1 amide bonds. The summed E-state index contributed by atoms with van der Waals surface area (Å²) in [5.41, 5.74) is 0.621. The Morgan fingerprint density at radius 2 is 1.88 bits per heavy atom. The molecular weight excluding hydrogens is 322 g/mol. The number of carbonyl (C=O) groups excluding carboxylic acids is 1. The van der Waals surface area contributed by atoms with Gasteiger partial charge in [-0.1, -0.05) is 30.3 Å². The quantitative estimate of drug-likeness (QED) is 0.695. The van der Waals surface area contributed by atoms with Gasteiger partial charge in [0.25, 0.3) is 5.56 Å². The van der Waals surface area contributed by atoms with Crippen LogP contribution in [0.15, 0.2) is 46.2 Å². The maximum Gasteiger partial charge on any atom is 0.332 e. The van der Waals surface area contributed by atoms with Gasteiger partial charge < -0.3 is 9.88 Å². The first-order valence-corrected chi connectivity index (χ1v) is 7.90. The van der Waals surface area contributed by atoms with Crippen molar-refractivity contribution in [2.24, 2.45) is 14.1 Å². The number of nitrogens with one attached hydrogen (secondary N) is 1. The predicted octanol–water partition coefficient (Wildman–Crippen LogP) is -0.207. The van der Waals surface area contributed by atoms with E-state index in [1.165, 1.54) is 17.9 Å². The van der Waals surface area contributed by atoms with Crippen molar-refractivity contribution in [2.45, 2.75) is 13.0 Å². The molecule has 0 aliphatic rings. The van der Waals surface area contributed by atoms with Gasteiger partial charge in [0, 0.05) is 20.6 Å². The van der Waals surface area contributed by atoms with Crippen molar-refractivity contribution < 1.29 is 4.79 Å². The first kappa shape index (κ1) is 16.7. The lowest BCUT2D eigenvalue weighted by Gasteiger charge is -2.09. The van der Waals surface area contributed by atoms with Crippen LogP contribution in [0.1, 0.15) is 5.56 Å². The maximum atomic E-state index is 12.5. The lowest BCUT2D eigenvalue weighted by atomic mass is 10.1. The molecule has 1 aromatic carbocycles. The number of nitrogens with zero attached hydrogens (tertiary/aromatic N) is 4. The Hall–Kier alpha value is -3.16. The van der Waals surface area contributed by atoms with Crippen molar-refractivity contribution in [1.82, 2.24) is 24.0 Å². The fourth-order valence-corrected chi connectivity index (χ4v) is 2.73. The molecule has 0 fully saturated rings. The third-order valence-electron chi connectivity index (χ3n) is 4.08. The van der Waals surface area contributed by atoms with Crippen molar-refractivity contribution >= 4 is 17.1 Å². The van der Waals surface area contributed by atoms with Crippen molar-refractivity contribution in [1.29, 1.82) is 0 Å². The lowest BCUT2D eigenvalue weighted by Crippen LogP contribution is -2.43. The van der Waals surface area contributed by atoms with Crippen LogP contribution >= 0.6 is 0 Å². The van der Waals surface area contributed by atoms with Gasteiger partial charge in [0.05, 0.1) is 6.33 Å². The molecule has 8 heteroatoms. The molecule has 0 saturated heterocycles. The number of fused-ring (bicyclic) bond motifs is 1. The molecule has 0 saturated carbocycles. The Morgan fingerprint density at radius 1 is 1.16 bits per heavy atom.